The fourth-order valence-corrected chi connectivity index (χ4v) is 2.40. The van der Waals surface area contributed by atoms with E-state index in [1.807, 2.05) is 17.0 Å². The summed E-state index contributed by atoms with van der Waals surface area (Å²) in [6.07, 6.45) is 2.11. The first-order valence-electron chi connectivity index (χ1n) is 6.28. The van der Waals surface area contributed by atoms with Crippen molar-refractivity contribution in [1.82, 2.24) is 4.90 Å². The number of amides is 1. The minimum Gasteiger partial charge on any atom is -0.482 e. The lowest BCUT2D eigenvalue weighted by molar-refractivity contribution is -0.136. The highest BCUT2D eigenvalue weighted by Crippen LogP contribution is 2.28. The Morgan fingerprint density at radius 3 is 2.78 bits per heavy atom. The third-order valence-electron chi connectivity index (χ3n) is 3.47. The average Bonchev–Trinajstić information content (AvgIpc) is 2.67. The quantitative estimate of drug-likeness (QED) is 0.833. The van der Waals surface area contributed by atoms with Crippen molar-refractivity contribution in [2.24, 2.45) is 0 Å². The summed E-state index contributed by atoms with van der Waals surface area (Å²) in [7, 11) is 0. The van der Waals surface area contributed by atoms with Gasteiger partial charge in [-0.25, -0.2) is 0 Å². The maximum absolute atomic E-state index is 12.1. The Bertz CT molecular complexity index is 443. The molecule has 2 N–H and O–H groups in total. The lowest BCUT2D eigenvalue weighted by Crippen LogP contribution is -2.44. The third-order valence-corrected chi connectivity index (χ3v) is 3.47. The molecule has 0 aliphatic carbocycles. The highest BCUT2D eigenvalue weighted by molar-refractivity contribution is 5.79. The van der Waals surface area contributed by atoms with Gasteiger partial charge in [0.05, 0.1) is 5.69 Å². The summed E-state index contributed by atoms with van der Waals surface area (Å²) in [4.78, 5) is 14.0. The van der Waals surface area contributed by atoms with E-state index in [0.717, 1.165) is 19.4 Å². The molecule has 4 nitrogen and oxygen atoms in total. The van der Waals surface area contributed by atoms with E-state index in [0.29, 0.717) is 11.4 Å². The first kappa shape index (κ1) is 12.7. The Hall–Kier alpha value is -1.71. The highest BCUT2D eigenvalue weighted by atomic mass is 16.5. The molecule has 98 valence electrons. The van der Waals surface area contributed by atoms with Crippen molar-refractivity contribution in [3.63, 3.8) is 0 Å². The number of anilines is 1. The molecule has 1 saturated heterocycles. The maximum Gasteiger partial charge on any atom is 0.260 e. The number of carbonyl (C=O) groups is 1. The van der Waals surface area contributed by atoms with Gasteiger partial charge in [-0.1, -0.05) is 12.1 Å². The van der Waals surface area contributed by atoms with Crippen LogP contribution in [0.15, 0.2) is 24.3 Å². The molecule has 0 saturated carbocycles. The number of nitrogens with zero attached hydrogens (tertiary/aromatic N) is 1. The van der Waals surface area contributed by atoms with Gasteiger partial charge < -0.3 is 15.4 Å². The van der Waals surface area contributed by atoms with E-state index in [1.165, 1.54) is 0 Å². The van der Waals surface area contributed by atoms with E-state index >= 15 is 0 Å². The highest BCUT2D eigenvalue weighted by Gasteiger charge is 2.35. The predicted molar refractivity (Wildman–Crippen MR) is 71.4 cm³/mol. The van der Waals surface area contributed by atoms with Crippen molar-refractivity contribution in [3.8, 4) is 5.75 Å². The fourth-order valence-electron chi connectivity index (χ4n) is 2.40. The lowest BCUT2D eigenvalue weighted by Gasteiger charge is -2.31. The minimum atomic E-state index is -0.0529. The molecule has 1 aliphatic rings. The molecule has 1 aromatic rings. The summed E-state index contributed by atoms with van der Waals surface area (Å²) < 4.78 is 5.49. The number of nitrogen functional groups attached to an aromatic ring is 1. The van der Waals surface area contributed by atoms with Crippen LogP contribution in [0.3, 0.4) is 0 Å². The zero-order valence-corrected chi connectivity index (χ0v) is 11.0. The molecular formula is C14H20N2O2. The van der Waals surface area contributed by atoms with E-state index in [2.05, 4.69) is 13.8 Å². The summed E-state index contributed by atoms with van der Waals surface area (Å²) in [5.74, 6) is 0.601. The number of likely N-dealkylation sites (tertiary alicyclic amines) is 1. The van der Waals surface area contributed by atoms with E-state index in [4.69, 9.17) is 10.5 Å². The van der Waals surface area contributed by atoms with Gasteiger partial charge in [0.2, 0.25) is 0 Å². The van der Waals surface area contributed by atoms with Gasteiger partial charge in [0.25, 0.3) is 5.91 Å². The number of ether oxygens (including phenoxy) is 1. The molecule has 0 spiro atoms. The largest absolute Gasteiger partial charge is 0.482 e. The van der Waals surface area contributed by atoms with Crippen molar-refractivity contribution in [1.29, 1.82) is 0 Å². The summed E-state index contributed by atoms with van der Waals surface area (Å²) in [6, 6.07) is 7.22. The molecule has 1 aromatic carbocycles. The predicted octanol–water partition coefficient (Wildman–Crippen LogP) is 2.05. The molecule has 0 atom stereocenters. The maximum atomic E-state index is 12.1. The Kier molecular flexibility index (Phi) is 3.45. The van der Waals surface area contributed by atoms with E-state index in [-0.39, 0.29) is 18.1 Å². The van der Waals surface area contributed by atoms with Crippen LogP contribution in [-0.4, -0.2) is 29.5 Å². The normalized spacial score (nSPS) is 17.8. The van der Waals surface area contributed by atoms with Crippen molar-refractivity contribution >= 4 is 11.6 Å². The molecule has 4 heteroatoms. The SMILES string of the molecule is CC1(C)CCCN1C(=O)COc1ccccc1N. The van der Waals surface area contributed by atoms with E-state index < -0.39 is 0 Å². The van der Waals surface area contributed by atoms with Gasteiger partial charge in [-0.2, -0.15) is 0 Å². The number of benzene rings is 1. The summed E-state index contributed by atoms with van der Waals surface area (Å²) in [5.41, 5.74) is 6.27. The van der Waals surface area contributed by atoms with Crippen LogP contribution >= 0.6 is 0 Å². The van der Waals surface area contributed by atoms with Crippen LogP contribution < -0.4 is 10.5 Å². The first-order chi connectivity index (χ1) is 8.50. The van der Waals surface area contributed by atoms with Crippen LogP contribution in [-0.2, 0) is 4.79 Å². The fraction of sp³-hybridized carbons (Fsp3) is 0.500. The van der Waals surface area contributed by atoms with Crippen molar-refractivity contribution in [3.05, 3.63) is 24.3 Å². The number of rotatable bonds is 3. The second-order valence-corrected chi connectivity index (χ2v) is 5.29. The molecular weight excluding hydrogens is 228 g/mol. The molecule has 1 fully saturated rings. The van der Waals surface area contributed by atoms with Crippen molar-refractivity contribution in [2.45, 2.75) is 32.2 Å². The van der Waals surface area contributed by atoms with Crippen LogP contribution in [0, 0.1) is 0 Å². The molecule has 1 aliphatic heterocycles. The van der Waals surface area contributed by atoms with Gasteiger partial charge in [0.15, 0.2) is 6.61 Å². The average molecular weight is 248 g/mol. The molecule has 1 amide bonds. The van der Waals surface area contributed by atoms with Crippen LogP contribution in [0.1, 0.15) is 26.7 Å². The van der Waals surface area contributed by atoms with Gasteiger partial charge in [0.1, 0.15) is 5.75 Å². The zero-order chi connectivity index (χ0) is 13.2. The third kappa shape index (κ3) is 2.58. The standard InChI is InChI=1S/C14H20N2O2/c1-14(2)8-5-9-16(14)13(17)10-18-12-7-4-3-6-11(12)15/h3-4,6-7H,5,8-10,15H2,1-2H3. The number of carbonyl (C=O) groups excluding carboxylic acids is 1. The Labute approximate surface area is 108 Å². The summed E-state index contributed by atoms with van der Waals surface area (Å²) in [6.45, 7) is 5.06. The molecule has 18 heavy (non-hydrogen) atoms. The topological polar surface area (TPSA) is 55.6 Å². The van der Waals surface area contributed by atoms with Crippen molar-refractivity contribution < 1.29 is 9.53 Å². The number of hydrogen-bond donors (Lipinski definition) is 1. The summed E-state index contributed by atoms with van der Waals surface area (Å²) in [5, 5.41) is 0. The Morgan fingerprint density at radius 1 is 1.44 bits per heavy atom. The molecule has 0 radical (unpaired) electrons. The molecule has 1 heterocycles. The zero-order valence-electron chi connectivity index (χ0n) is 11.0. The summed E-state index contributed by atoms with van der Waals surface area (Å²) >= 11 is 0. The number of hydrogen-bond acceptors (Lipinski definition) is 3. The second-order valence-electron chi connectivity index (χ2n) is 5.29. The van der Waals surface area contributed by atoms with Gasteiger partial charge in [-0.15, -0.1) is 0 Å². The van der Waals surface area contributed by atoms with Crippen LogP contribution in [0.5, 0.6) is 5.75 Å². The minimum absolute atomic E-state index is 0.0285. The van der Waals surface area contributed by atoms with Crippen LogP contribution in [0.4, 0.5) is 5.69 Å². The molecule has 0 aromatic heterocycles. The number of nitrogens with two attached hydrogens (primary N) is 1. The van der Waals surface area contributed by atoms with Gasteiger partial charge in [0, 0.05) is 12.1 Å². The molecule has 0 unspecified atom stereocenters. The van der Waals surface area contributed by atoms with E-state index in [9.17, 15) is 4.79 Å². The first-order valence-corrected chi connectivity index (χ1v) is 6.28. The Morgan fingerprint density at radius 2 is 2.17 bits per heavy atom. The van der Waals surface area contributed by atoms with Crippen LogP contribution in [0.25, 0.3) is 0 Å². The van der Waals surface area contributed by atoms with Crippen LogP contribution in [0.2, 0.25) is 0 Å². The number of para-hydroxylation sites is 2. The van der Waals surface area contributed by atoms with E-state index in [1.54, 1.807) is 12.1 Å². The monoisotopic (exact) mass is 248 g/mol. The van der Waals surface area contributed by atoms with Gasteiger partial charge in [-0.05, 0) is 38.8 Å². The molecule has 2 rings (SSSR count). The van der Waals surface area contributed by atoms with Gasteiger partial charge in [-0.3, -0.25) is 4.79 Å². The molecule has 0 bridgehead atoms. The Balaban J connectivity index is 1.95. The second kappa shape index (κ2) is 4.88. The smallest absolute Gasteiger partial charge is 0.260 e. The lowest BCUT2D eigenvalue weighted by atomic mass is 10.0. The van der Waals surface area contributed by atoms with Crippen molar-refractivity contribution in [2.75, 3.05) is 18.9 Å². The van der Waals surface area contributed by atoms with Gasteiger partial charge >= 0.3 is 0 Å².